The van der Waals surface area contributed by atoms with Crippen molar-refractivity contribution in [3.8, 4) is 0 Å². The van der Waals surface area contributed by atoms with E-state index >= 15 is 0 Å². The number of allylic oxidation sites excluding steroid dienone is 1. The highest BCUT2D eigenvalue weighted by molar-refractivity contribution is 5.93. The van der Waals surface area contributed by atoms with Crippen molar-refractivity contribution in [1.29, 1.82) is 0 Å². The van der Waals surface area contributed by atoms with E-state index < -0.39 is 41.9 Å². The number of Topliss-reactive ketones (excluding diaryl/α,β-unsaturated/α-hetero) is 1. The Morgan fingerprint density at radius 3 is 2.23 bits per heavy atom. The van der Waals surface area contributed by atoms with Gasteiger partial charge in [-0.3, -0.25) is 4.79 Å². The topological polar surface area (TPSA) is 92.7 Å². The van der Waals surface area contributed by atoms with Gasteiger partial charge in [0.1, 0.15) is 6.10 Å². The molecular formula is C23H36O8. The van der Waals surface area contributed by atoms with Crippen molar-refractivity contribution in [2.75, 3.05) is 34.5 Å². The van der Waals surface area contributed by atoms with Crippen LogP contribution in [0.2, 0.25) is 0 Å². The molecule has 8 nitrogen and oxygen atoms in total. The van der Waals surface area contributed by atoms with Gasteiger partial charge in [0.15, 0.2) is 17.9 Å². The molecule has 8 heteroatoms. The van der Waals surface area contributed by atoms with Crippen LogP contribution in [0.15, 0.2) is 11.6 Å². The molecule has 31 heavy (non-hydrogen) atoms. The van der Waals surface area contributed by atoms with Crippen LogP contribution in [0.5, 0.6) is 0 Å². The molecule has 2 heterocycles. The third-order valence-electron chi connectivity index (χ3n) is 7.41. The fraction of sp³-hybridized carbons (Fsp3) is 0.870. The van der Waals surface area contributed by atoms with Crippen LogP contribution < -0.4 is 0 Å². The minimum absolute atomic E-state index is 0.0808. The number of rotatable bonds is 6. The van der Waals surface area contributed by atoms with Gasteiger partial charge in [-0.25, -0.2) is 0 Å². The Bertz CT molecular complexity index is 732. The number of aliphatic hydroxyl groups excluding tert-OH is 1. The maximum absolute atomic E-state index is 13.5. The number of aliphatic hydroxyl groups is 1. The van der Waals surface area contributed by atoms with E-state index in [-0.39, 0.29) is 23.0 Å². The Hall–Kier alpha value is -0.870. The van der Waals surface area contributed by atoms with Crippen molar-refractivity contribution >= 4 is 5.78 Å². The molecule has 2 bridgehead atoms. The third-order valence-corrected chi connectivity index (χ3v) is 7.41. The Morgan fingerprint density at radius 2 is 1.71 bits per heavy atom. The smallest absolute Gasteiger partial charge is 0.238 e. The number of methoxy groups -OCH3 is 3. The SMILES string of the molecule is COC1([C@H](O)C(C)C)C[C@H]2[C@@H](O1)[C@H]1C(C3OCC(C)(C)CO3)=C[C@@H]2C(=O)C1(OC)OC. The molecule has 5 rings (SSSR count). The average Bonchev–Trinajstić information content (AvgIpc) is 3.15. The maximum Gasteiger partial charge on any atom is 0.238 e. The zero-order valence-electron chi connectivity index (χ0n) is 19.5. The molecule has 5 aliphatic rings. The van der Waals surface area contributed by atoms with Crippen LogP contribution in [0, 0.1) is 29.1 Å². The van der Waals surface area contributed by atoms with E-state index in [0.29, 0.717) is 19.6 Å². The van der Waals surface area contributed by atoms with Crippen LogP contribution in [-0.4, -0.2) is 75.5 Å². The van der Waals surface area contributed by atoms with Crippen LogP contribution in [0.3, 0.4) is 0 Å². The quantitative estimate of drug-likeness (QED) is 0.495. The van der Waals surface area contributed by atoms with Gasteiger partial charge in [0.05, 0.1) is 25.2 Å². The van der Waals surface area contributed by atoms with Crippen LogP contribution in [-0.2, 0) is 33.2 Å². The maximum atomic E-state index is 13.5. The van der Waals surface area contributed by atoms with Crippen molar-refractivity contribution in [1.82, 2.24) is 0 Å². The largest absolute Gasteiger partial charge is 0.387 e. The molecular weight excluding hydrogens is 404 g/mol. The second-order valence-electron chi connectivity index (χ2n) is 10.4. The van der Waals surface area contributed by atoms with Crippen LogP contribution in [0.1, 0.15) is 34.1 Å². The monoisotopic (exact) mass is 440 g/mol. The molecule has 2 aliphatic heterocycles. The number of fused-ring (bicyclic) bond motifs is 1. The van der Waals surface area contributed by atoms with Gasteiger partial charge in [0, 0.05) is 45.0 Å². The zero-order chi connectivity index (χ0) is 22.8. The summed E-state index contributed by atoms with van der Waals surface area (Å²) >= 11 is 0. The van der Waals surface area contributed by atoms with Gasteiger partial charge in [0.2, 0.25) is 5.79 Å². The van der Waals surface area contributed by atoms with Crippen molar-refractivity contribution in [3.63, 3.8) is 0 Å². The van der Waals surface area contributed by atoms with Gasteiger partial charge in [-0.15, -0.1) is 0 Å². The van der Waals surface area contributed by atoms with Crippen LogP contribution in [0.25, 0.3) is 0 Å². The van der Waals surface area contributed by atoms with Gasteiger partial charge in [-0.05, 0) is 11.5 Å². The molecule has 6 atom stereocenters. The molecule has 0 aromatic heterocycles. The summed E-state index contributed by atoms with van der Waals surface area (Å²) in [6, 6.07) is 0. The summed E-state index contributed by atoms with van der Waals surface area (Å²) < 4.78 is 35.9. The summed E-state index contributed by atoms with van der Waals surface area (Å²) in [5.74, 6) is -4.16. The number of hydrogen-bond acceptors (Lipinski definition) is 8. The molecule has 176 valence electrons. The molecule has 0 spiro atoms. The Morgan fingerprint density at radius 1 is 1.10 bits per heavy atom. The standard InChI is InChI=1S/C23H36O8/c1-12(2)18(24)22(26-5)9-15-13-8-14(20-29-10-21(3,4)11-30-20)16(17(15)31-22)23(27-6,28-7)19(13)25/h8,12-13,15-18,20,24H,9-11H2,1-7H3/t13-,15+,16+,17+,18+,22?/m0/s1. The molecule has 0 amide bonds. The Balaban J connectivity index is 1.74. The fourth-order valence-electron chi connectivity index (χ4n) is 5.77. The van der Waals surface area contributed by atoms with Gasteiger partial charge in [-0.2, -0.15) is 0 Å². The Kier molecular flexibility index (Phi) is 5.91. The zero-order valence-corrected chi connectivity index (χ0v) is 19.5. The number of carbonyl (C=O) groups excluding carboxylic acids is 1. The minimum atomic E-state index is -1.50. The van der Waals surface area contributed by atoms with Crippen molar-refractivity contribution in [3.05, 3.63) is 11.6 Å². The summed E-state index contributed by atoms with van der Waals surface area (Å²) in [7, 11) is 4.49. The predicted octanol–water partition coefficient (Wildman–Crippen LogP) is 1.89. The highest BCUT2D eigenvalue weighted by Crippen LogP contribution is 2.59. The molecule has 1 saturated carbocycles. The van der Waals surface area contributed by atoms with Crippen molar-refractivity contribution in [2.24, 2.45) is 29.1 Å². The molecule has 0 radical (unpaired) electrons. The highest BCUT2D eigenvalue weighted by atomic mass is 16.7. The summed E-state index contributed by atoms with van der Waals surface area (Å²) in [5, 5.41) is 10.9. The minimum Gasteiger partial charge on any atom is -0.387 e. The normalized spacial score (nSPS) is 40.2. The molecule has 3 aliphatic carbocycles. The molecule has 2 saturated heterocycles. The van der Waals surface area contributed by atoms with Crippen molar-refractivity contribution in [2.45, 2.75) is 64.2 Å². The molecule has 0 aromatic rings. The summed E-state index contributed by atoms with van der Waals surface area (Å²) in [4.78, 5) is 13.5. The first kappa shape index (κ1) is 23.3. The number of carbonyl (C=O) groups is 1. The molecule has 1 unspecified atom stereocenters. The second-order valence-corrected chi connectivity index (χ2v) is 10.4. The van der Waals surface area contributed by atoms with E-state index in [4.69, 9.17) is 28.4 Å². The van der Waals surface area contributed by atoms with E-state index in [1.807, 2.05) is 19.9 Å². The lowest BCUT2D eigenvalue weighted by Gasteiger charge is -2.53. The first-order chi connectivity index (χ1) is 14.6. The van der Waals surface area contributed by atoms with E-state index in [1.54, 1.807) is 0 Å². The summed E-state index contributed by atoms with van der Waals surface area (Å²) in [6.07, 6.45) is 0.467. The fourth-order valence-corrected chi connectivity index (χ4v) is 5.77. The van der Waals surface area contributed by atoms with Crippen molar-refractivity contribution < 1.29 is 38.3 Å². The van der Waals surface area contributed by atoms with Crippen LogP contribution in [0.4, 0.5) is 0 Å². The lowest BCUT2D eigenvalue weighted by Crippen LogP contribution is -2.66. The highest BCUT2D eigenvalue weighted by Gasteiger charge is 2.70. The van der Waals surface area contributed by atoms with E-state index in [1.165, 1.54) is 21.3 Å². The molecule has 1 N–H and O–H groups in total. The first-order valence-corrected chi connectivity index (χ1v) is 11.1. The van der Waals surface area contributed by atoms with E-state index in [0.717, 1.165) is 5.57 Å². The summed E-state index contributed by atoms with van der Waals surface area (Å²) in [6.45, 7) is 9.07. The average molecular weight is 441 g/mol. The first-order valence-electron chi connectivity index (χ1n) is 11.1. The van der Waals surface area contributed by atoms with Gasteiger partial charge in [0.25, 0.3) is 0 Å². The predicted molar refractivity (Wildman–Crippen MR) is 110 cm³/mol. The van der Waals surface area contributed by atoms with E-state index in [9.17, 15) is 9.90 Å². The van der Waals surface area contributed by atoms with Gasteiger partial charge in [-0.1, -0.05) is 33.8 Å². The lowest BCUT2D eigenvalue weighted by molar-refractivity contribution is -0.304. The Labute approximate surface area is 184 Å². The number of ketones is 1. The number of ether oxygens (including phenoxy) is 6. The third kappa shape index (κ3) is 3.34. The lowest BCUT2D eigenvalue weighted by atomic mass is 9.59. The summed E-state index contributed by atoms with van der Waals surface area (Å²) in [5.41, 5.74) is 0.718. The van der Waals surface area contributed by atoms with Gasteiger partial charge >= 0.3 is 0 Å². The second kappa shape index (κ2) is 7.87. The van der Waals surface area contributed by atoms with Crippen LogP contribution >= 0.6 is 0 Å². The molecule has 3 fully saturated rings. The van der Waals surface area contributed by atoms with E-state index in [2.05, 4.69) is 13.8 Å². The molecule has 0 aromatic carbocycles. The number of hydrogen-bond donors (Lipinski definition) is 1. The van der Waals surface area contributed by atoms with Gasteiger partial charge < -0.3 is 33.5 Å².